The van der Waals surface area contributed by atoms with Crippen molar-refractivity contribution in [1.82, 2.24) is 4.98 Å². The summed E-state index contributed by atoms with van der Waals surface area (Å²) in [4.78, 5) is 16.0. The molecular weight excluding hydrogens is 354 g/mol. The first-order valence-electron chi connectivity index (χ1n) is 6.65. The topological polar surface area (TPSA) is 48.4 Å². The van der Waals surface area contributed by atoms with E-state index in [0.29, 0.717) is 22.9 Å². The summed E-state index contributed by atoms with van der Waals surface area (Å²) in [6.45, 7) is 0.317. The van der Waals surface area contributed by atoms with E-state index < -0.39 is 5.97 Å². The molecule has 4 nitrogen and oxygen atoms in total. The molecule has 0 spiro atoms. The van der Waals surface area contributed by atoms with Gasteiger partial charge in [-0.05, 0) is 29.6 Å². The third-order valence-electron chi connectivity index (χ3n) is 3.05. The summed E-state index contributed by atoms with van der Waals surface area (Å²) in [5.74, 6) is 0.0720. The lowest BCUT2D eigenvalue weighted by Crippen LogP contribution is -2.02. The lowest BCUT2D eigenvalue weighted by Gasteiger charge is -2.07. The number of hydrogen-bond donors (Lipinski definition) is 0. The molecule has 0 fully saturated rings. The van der Waals surface area contributed by atoms with Crippen molar-refractivity contribution in [3.05, 3.63) is 56.7 Å². The van der Waals surface area contributed by atoms with E-state index in [1.54, 1.807) is 34.8 Å². The number of thiophene rings is 1. The van der Waals surface area contributed by atoms with E-state index in [2.05, 4.69) is 15.1 Å². The Morgan fingerprint density at radius 2 is 2.17 bits per heavy atom. The summed E-state index contributed by atoms with van der Waals surface area (Å²) >= 11 is 9.35. The predicted octanol–water partition coefficient (Wildman–Crippen LogP) is 4.89. The van der Waals surface area contributed by atoms with Gasteiger partial charge in [-0.2, -0.15) is 11.3 Å². The molecular formula is C16H12ClNO3S2. The van der Waals surface area contributed by atoms with Crippen LogP contribution in [-0.2, 0) is 11.3 Å². The van der Waals surface area contributed by atoms with Gasteiger partial charge in [0.1, 0.15) is 17.4 Å². The number of hydrogen-bond acceptors (Lipinski definition) is 6. The molecule has 0 N–H and O–H groups in total. The highest BCUT2D eigenvalue weighted by molar-refractivity contribution is 7.14. The molecule has 0 aliphatic carbocycles. The van der Waals surface area contributed by atoms with Crippen LogP contribution < -0.4 is 4.74 Å². The number of ether oxygens (including phenoxy) is 2. The maximum Gasteiger partial charge on any atom is 0.337 e. The highest BCUT2D eigenvalue weighted by Crippen LogP contribution is 2.28. The number of benzene rings is 1. The molecule has 0 bridgehead atoms. The lowest BCUT2D eigenvalue weighted by atomic mass is 10.2. The molecule has 0 atom stereocenters. The molecule has 2 heterocycles. The zero-order valence-electron chi connectivity index (χ0n) is 12.1. The van der Waals surface area contributed by atoms with Crippen LogP contribution in [-0.4, -0.2) is 18.1 Å². The van der Waals surface area contributed by atoms with Gasteiger partial charge in [-0.1, -0.05) is 11.6 Å². The molecule has 0 radical (unpaired) electrons. The summed E-state index contributed by atoms with van der Waals surface area (Å²) in [5.41, 5.74) is 2.34. The van der Waals surface area contributed by atoms with E-state index in [1.807, 2.05) is 16.8 Å². The van der Waals surface area contributed by atoms with Gasteiger partial charge in [0.15, 0.2) is 0 Å². The highest BCUT2D eigenvalue weighted by atomic mass is 35.5. The number of aromatic nitrogens is 1. The van der Waals surface area contributed by atoms with Gasteiger partial charge in [0.25, 0.3) is 0 Å². The van der Waals surface area contributed by atoms with Crippen molar-refractivity contribution in [2.45, 2.75) is 6.61 Å². The van der Waals surface area contributed by atoms with Gasteiger partial charge in [0.2, 0.25) is 0 Å². The average molecular weight is 366 g/mol. The van der Waals surface area contributed by atoms with Crippen molar-refractivity contribution >= 4 is 40.2 Å². The molecule has 7 heteroatoms. The molecule has 3 aromatic rings. The number of methoxy groups -OCH3 is 1. The van der Waals surface area contributed by atoms with E-state index in [9.17, 15) is 4.79 Å². The van der Waals surface area contributed by atoms with Gasteiger partial charge in [0.05, 0.1) is 23.4 Å². The quantitative estimate of drug-likeness (QED) is 0.604. The highest BCUT2D eigenvalue weighted by Gasteiger charge is 2.11. The Morgan fingerprint density at radius 3 is 2.87 bits per heavy atom. The van der Waals surface area contributed by atoms with Gasteiger partial charge in [-0.25, -0.2) is 9.78 Å². The van der Waals surface area contributed by atoms with Crippen molar-refractivity contribution in [1.29, 1.82) is 0 Å². The van der Waals surface area contributed by atoms with Crippen LogP contribution in [0.3, 0.4) is 0 Å². The first-order valence-corrected chi connectivity index (χ1v) is 8.85. The largest absolute Gasteiger partial charge is 0.486 e. The Balaban J connectivity index is 1.68. The van der Waals surface area contributed by atoms with Crippen molar-refractivity contribution in [3.63, 3.8) is 0 Å². The lowest BCUT2D eigenvalue weighted by molar-refractivity contribution is 0.0600. The monoisotopic (exact) mass is 365 g/mol. The second-order valence-electron chi connectivity index (χ2n) is 4.58. The minimum Gasteiger partial charge on any atom is -0.486 e. The Bertz CT molecular complexity index is 815. The van der Waals surface area contributed by atoms with Crippen LogP contribution in [0, 0.1) is 0 Å². The van der Waals surface area contributed by atoms with Crippen LogP contribution in [0.4, 0.5) is 0 Å². The van der Waals surface area contributed by atoms with Crippen LogP contribution in [0.5, 0.6) is 5.75 Å². The van der Waals surface area contributed by atoms with Crippen molar-refractivity contribution in [2.24, 2.45) is 0 Å². The molecule has 3 rings (SSSR count). The number of carbonyl (C=O) groups excluding carboxylic acids is 1. The SMILES string of the molecule is COC(=O)c1ccc(OCc2csc(-c3ccsc3)n2)c(Cl)c1. The Kier molecular flexibility index (Phi) is 4.95. The number of carbonyl (C=O) groups is 1. The standard InChI is InChI=1S/C16H12ClNO3S2/c1-20-16(19)10-2-3-14(13(17)6-10)21-7-12-9-23-15(18-12)11-4-5-22-8-11/h2-6,8-9H,7H2,1H3. The van der Waals surface area contributed by atoms with E-state index in [-0.39, 0.29) is 0 Å². The van der Waals surface area contributed by atoms with E-state index in [4.69, 9.17) is 16.3 Å². The Labute approximate surface area is 146 Å². The zero-order chi connectivity index (χ0) is 16.2. The van der Waals surface area contributed by atoms with Crippen LogP contribution in [0.2, 0.25) is 5.02 Å². The van der Waals surface area contributed by atoms with Crippen LogP contribution >= 0.6 is 34.3 Å². The zero-order valence-corrected chi connectivity index (χ0v) is 14.5. The van der Waals surface area contributed by atoms with Gasteiger partial charge < -0.3 is 9.47 Å². The number of nitrogens with zero attached hydrogens (tertiary/aromatic N) is 1. The number of thiazole rings is 1. The van der Waals surface area contributed by atoms with Crippen molar-refractivity contribution < 1.29 is 14.3 Å². The minimum absolute atomic E-state index is 0.317. The molecule has 0 aliphatic rings. The summed E-state index contributed by atoms with van der Waals surface area (Å²) in [6.07, 6.45) is 0. The van der Waals surface area contributed by atoms with Crippen molar-refractivity contribution in [3.8, 4) is 16.3 Å². The van der Waals surface area contributed by atoms with Crippen LogP contribution in [0.1, 0.15) is 16.1 Å². The number of rotatable bonds is 5. The number of esters is 1. The van der Waals surface area contributed by atoms with Crippen LogP contribution in [0.15, 0.2) is 40.4 Å². The van der Waals surface area contributed by atoms with E-state index >= 15 is 0 Å². The molecule has 1 aromatic carbocycles. The molecule has 23 heavy (non-hydrogen) atoms. The van der Waals surface area contributed by atoms with Crippen LogP contribution in [0.25, 0.3) is 10.6 Å². The second kappa shape index (κ2) is 7.12. The molecule has 2 aromatic heterocycles. The third kappa shape index (κ3) is 3.72. The first-order chi connectivity index (χ1) is 11.2. The summed E-state index contributed by atoms with van der Waals surface area (Å²) < 4.78 is 10.3. The number of halogens is 1. The molecule has 0 unspecified atom stereocenters. The first kappa shape index (κ1) is 16.0. The van der Waals surface area contributed by atoms with E-state index in [1.165, 1.54) is 13.2 Å². The maximum atomic E-state index is 11.4. The Morgan fingerprint density at radius 1 is 1.30 bits per heavy atom. The fraction of sp³-hybridized carbons (Fsp3) is 0.125. The minimum atomic E-state index is -0.432. The molecule has 0 saturated heterocycles. The smallest absolute Gasteiger partial charge is 0.337 e. The molecule has 118 valence electrons. The maximum absolute atomic E-state index is 11.4. The normalized spacial score (nSPS) is 10.5. The average Bonchev–Trinajstić information content (AvgIpc) is 3.24. The fourth-order valence-corrected chi connectivity index (χ4v) is 3.66. The van der Waals surface area contributed by atoms with Gasteiger partial charge in [0, 0.05) is 16.3 Å². The van der Waals surface area contributed by atoms with Crippen molar-refractivity contribution in [2.75, 3.05) is 7.11 Å². The van der Waals surface area contributed by atoms with Gasteiger partial charge >= 0.3 is 5.97 Å². The predicted molar refractivity (Wildman–Crippen MR) is 92.6 cm³/mol. The molecule has 0 amide bonds. The third-order valence-corrected chi connectivity index (χ3v) is 4.97. The molecule has 0 aliphatic heterocycles. The van der Waals surface area contributed by atoms with E-state index in [0.717, 1.165) is 16.3 Å². The fourth-order valence-electron chi connectivity index (χ4n) is 1.91. The molecule has 0 saturated carbocycles. The summed E-state index contributed by atoms with van der Waals surface area (Å²) in [5, 5.41) is 7.38. The van der Waals surface area contributed by atoms with Gasteiger partial charge in [-0.3, -0.25) is 0 Å². The van der Waals surface area contributed by atoms with Gasteiger partial charge in [-0.15, -0.1) is 11.3 Å². The second-order valence-corrected chi connectivity index (χ2v) is 6.63. The summed E-state index contributed by atoms with van der Waals surface area (Å²) in [7, 11) is 1.33. The summed E-state index contributed by atoms with van der Waals surface area (Å²) in [6, 6.07) is 6.84. The Hall–Kier alpha value is -1.89.